The van der Waals surface area contributed by atoms with E-state index < -0.39 is 0 Å². The highest BCUT2D eigenvalue weighted by Gasteiger charge is 2.12. The lowest BCUT2D eigenvalue weighted by Crippen LogP contribution is -2.35. The first kappa shape index (κ1) is 15.8. The first-order valence-corrected chi connectivity index (χ1v) is 7.71. The monoisotopic (exact) mass is 326 g/mol. The van der Waals surface area contributed by atoms with E-state index in [0.29, 0.717) is 23.2 Å². The van der Waals surface area contributed by atoms with Crippen LogP contribution in [0.2, 0.25) is 0 Å². The summed E-state index contributed by atoms with van der Waals surface area (Å²) in [5.41, 5.74) is 1.47. The highest BCUT2D eigenvalue weighted by atomic mass is 16.5. The molecule has 124 valence electrons. The average molecular weight is 326 g/mol. The molecule has 0 bridgehead atoms. The van der Waals surface area contributed by atoms with Crippen molar-refractivity contribution in [2.75, 3.05) is 5.32 Å². The van der Waals surface area contributed by atoms with Gasteiger partial charge in [0.2, 0.25) is 5.82 Å². The molecule has 0 spiro atoms. The van der Waals surface area contributed by atoms with Gasteiger partial charge in [-0.1, -0.05) is 12.1 Å². The molecule has 2 amide bonds. The van der Waals surface area contributed by atoms with Gasteiger partial charge in [-0.3, -0.25) is 0 Å². The smallest absolute Gasteiger partial charge is 0.319 e. The van der Waals surface area contributed by atoms with Gasteiger partial charge in [-0.2, -0.15) is 4.98 Å². The largest absolute Gasteiger partial charge is 0.459 e. The van der Waals surface area contributed by atoms with Crippen LogP contribution in [0, 0.1) is 0 Å². The molecule has 24 heavy (non-hydrogen) atoms. The molecule has 0 aliphatic rings. The van der Waals surface area contributed by atoms with Crippen LogP contribution in [0.1, 0.15) is 20.3 Å². The van der Waals surface area contributed by atoms with Crippen LogP contribution >= 0.6 is 0 Å². The van der Waals surface area contributed by atoms with Gasteiger partial charge in [0.05, 0.1) is 6.26 Å². The Morgan fingerprint density at radius 3 is 2.71 bits per heavy atom. The molecule has 7 heteroatoms. The third-order valence-electron chi connectivity index (χ3n) is 3.55. The van der Waals surface area contributed by atoms with Gasteiger partial charge < -0.3 is 19.6 Å². The summed E-state index contributed by atoms with van der Waals surface area (Å²) in [7, 11) is 0. The Bertz CT molecular complexity index is 794. The molecule has 0 saturated carbocycles. The number of nitrogens with zero attached hydrogens (tertiary/aromatic N) is 2. The molecule has 0 unspecified atom stereocenters. The number of rotatable bonds is 5. The van der Waals surface area contributed by atoms with Gasteiger partial charge in [0.15, 0.2) is 5.76 Å². The van der Waals surface area contributed by atoms with Gasteiger partial charge in [0, 0.05) is 17.3 Å². The van der Waals surface area contributed by atoms with Gasteiger partial charge >= 0.3 is 6.03 Å². The number of urea groups is 1. The SMILES string of the molecule is CC[C@@H](C)NC(=O)Nc1ccc(-c2noc(-c3ccco3)n2)cc1. The van der Waals surface area contributed by atoms with E-state index in [0.717, 1.165) is 12.0 Å². The Kier molecular flexibility index (Phi) is 4.60. The molecule has 2 heterocycles. The summed E-state index contributed by atoms with van der Waals surface area (Å²) in [5, 5.41) is 9.56. The first-order valence-electron chi connectivity index (χ1n) is 7.71. The standard InChI is InChI=1S/C17H18N4O3/c1-3-11(2)18-17(22)19-13-8-6-12(7-9-13)15-20-16(24-21-15)14-5-4-10-23-14/h4-11H,3H2,1-2H3,(H2,18,19,22)/t11-/m1/s1. The molecule has 0 fully saturated rings. The molecule has 1 aromatic carbocycles. The summed E-state index contributed by atoms with van der Waals surface area (Å²) in [6.07, 6.45) is 2.42. The number of hydrogen-bond donors (Lipinski definition) is 2. The van der Waals surface area contributed by atoms with E-state index in [2.05, 4.69) is 20.8 Å². The topological polar surface area (TPSA) is 93.2 Å². The van der Waals surface area contributed by atoms with Crippen LogP contribution in [0.4, 0.5) is 10.5 Å². The Hall–Kier alpha value is -3.09. The van der Waals surface area contributed by atoms with Crippen molar-refractivity contribution in [1.82, 2.24) is 15.5 Å². The Balaban J connectivity index is 1.67. The second-order valence-corrected chi connectivity index (χ2v) is 5.39. The molecular formula is C17H18N4O3. The maximum absolute atomic E-state index is 11.8. The third kappa shape index (κ3) is 3.62. The first-order chi connectivity index (χ1) is 11.7. The van der Waals surface area contributed by atoms with E-state index in [4.69, 9.17) is 8.94 Å². The highest BCUT2D eigenvalue weighted by molar-refractivity contribution is 5.89. The number of benzene rings is 1. The zero-order valence-electron chi connectivity index (χ0n) is 13.4. The number of hydrogen-bond acceptors (Lipinski definition) is 5. The van der Waals surface area contributed by atoms with E-state index in [1.165, 1.54) is 0 Å². The van der Waals surface area contributed by atoms with Gasteiger partial charge in [0.1, 0.15) is 0 Å². The maximum atomic E-state index is 11.8. The molecule has 0 saturated heterocycles. The van der Waals surface area contributed by atoms with Gasteiger partial charge in [-0.25, -0.2) is 4.79 Å². The van der Waals surface area contributed by atoms with E-state index >= 15 is 0 Å². The van der Waals surface area contributed by atoms with E-state index in [-0.39, 0.29) is 12.1 Å². The number of nitrogens with one attached hydrogen (secondary N) is 2. The highest BCUT2D eigenvalue weighted by Crippen LogP contribution is 2.23. The molecular weight excluding hydrogens is 308 g/mol. The Morgan fingerprint density at radius 2 is 2.04 bits per heavy atom. The minimum atomic E-state index is -0.225. The molecule has 1 atom stereocenters. The summed E-state index contributed by atoms with van der Waals surface area (Å²) in [6, 6.07) is 10.6. The molecule has 0 radical (unpaired) electrons. The number of anilines is 1. The van der Waals surface area contributed by atoms with E-state index in [1.807, 2.05) is 26.0 Å². The van der Waals surface area contributed by atoms with Crippen molar-refractivity contribution in [3.63, 3.8) is 0 Å². The van der Waals surface area contributed by atoms with Crippen molar-refractivity contribution < 1.29 is 13.7 Å². The van der Waals surface area contributed by atoms with Crippen molar-refractivity contribution in [3.8, 4) is 23.0 Å². The van der Waals surface area contributed by atoms with Gasteiger partial charge in [-0.05, 0) is 49.7 Å². The molecule has 7 nitrogen and oxygen atoms in total. The van der Waals surface area contributed by atoms with Crippen LogP contribution in [-0.2, 0) is 0 Å². The Morgan fingerprint density at radius 1 is 1.25 bits per heavy atom. The number of amides is 2. The zero-order valence-corrected chi connectivity index (χ0v) is 13.4. The van der Waals surface area contributed by atoms with Crippen molar-refractivity contribution in [1.29, 1.82) is 0 Å². The minimum Gasteiger partial charge on any atom is -0.459 e. The van der Waals surface area contributed by atoms with Crippen molar-refractivity contribution in [3.05, 3.63) is 42.7 Å². The van der Waals surface area contributed by atoms with Crippen molar-refractivity contribution >= 4 is 11.7 Å². The molecule has 2 N–H and O–H groups in total. The summed E-state index contributed by atoms with van der Waals surface area (Å²) >= 11 is 0. The fraction of sp³-hybridized carbons (Fsp3) is 0.235. The molecule has 3 rings (SSSR count). The van der Waals surface area contributed by atoms with Crippen LogP contribution in [0.3, 0.4) is 0 Å². The number of carbonyl (C=O) groups excluding carboxylic acids is 1. The van der Waals surface area contributed by atoms with Crippen LogP contribution in [0.15, 0.2) is 51.6 Å². The van der Waals surface area contributed by atoms with Crippen LogP contribution in [-0.4, -0.2) is 22.2 Å². The molecule has 0 aliphatic carbocycles. The lowest BCUT2D eigenvalue weighted by atomic mass is 10.2. The third-order valence-corrected chi connectivity index (χ3v) is 3.55. The molecule has 2 aromatic heterocycles. The second kappa shape index (κ2) is 6.99. The van der Waals surface area contributed by atoms with E-state index in [9.17, 15) is 4.79 Å². The van der Waals surface area contributed by atoms with E-state index in [1.54, 1.807) is 30.5 Å². The number of furan rings is 1. The summed E-state index contributed by atoms with van der Waals surface area (Å²) < 4.78 is 10.4. The summed E-state index contributed by atoms with van der Waals surface area (Å²) in [6.45, 7) is 3.97. The predicted octanol–water partition coefficient (Wildman–Crippen LogP) is 3.92. The molecule has 3 aromatic rings. The maximum Gasteiger partial charge on any atom is 0.319 e. The van der Waals surface area contributed by atoms with Crippen LogP contribution in [0.25, 0.3) is 23.0 Å². The summed E-state index contributed by atoms with van der Waals surface area (Å²) in [5.74, 6) is 1.30. The van der Waals surface area contributed by atoms with Crippen LogP contribution in [0.5, 0.6) is 0 Å². The summed E-state index contributed by atoms with van der Waals surface area (Å²) in [4.78, 5) is 16.1. The van der Waals surface area contributed by atoms with Crippen molar-refractivity contribution in [2.45, 2.75) is 26.3 Å². The van der Waals surface area contributed by atoms with Gasteiger partial charge in [0.25, 0.3) is 5.89 Å². The lowest BCUT2D eigenvalue weighted by molar-refractivity contribution is 0.249. The predicted molar refractivity (Wildman–Crippen MR) is 89.3 cm³/mol. The zero-order chi connectivity index (χ0) is 16.9. The number of aromatic nitrogens is 2. The lowest BCUT2D eigenvalue weighted by Gasteiger charge is -2.12. The van der Waals surface area contributed by atoms with Crippen molar-refractivity contribution in [2.24, 2.45) is 0 Å². The van der Waals surface area contributed by atoms with Gasteiger partial charge in [-0.15, -0.1) is 0 Å². The minimum absolute atomic E-state index is 0.128. The number of carbonyl (C=O) groups is 1. The fourth-order valence-corrected chi connectivity index (χ4v) is 2.04. The normalized spacial score (nSPS) is 11.9. The second-order valence-electron chi connectivity index (χ2n) is 5.39. The quantitative estimate of drug-likeness (QED) is 0.741. The van der Waals surface area contributed by atoms with Crippen LogP contribution < -0.4 is 10.6 Å². The average Bonchev–Trinajstić information content (AvgIpc) is 3.26. The molecule has 0 aliphatic heterocycles. The fourth-order valence-electron chi connectivity index (χ4n) is 2.04. The Labute approximate surface area is 139 Å².